The van der Waals surface area contributed by atoms with E-state index in [1.165, 1.54) is 57.8 Å². The standard InChI is InChI=1S/C24H49NO4/c1-4-7-8-9-10-11-12-13-14-15-18-23(19-21-26)29-24(27)28-22-17-16-20-25(5-2)6-3/h23,26H,4-22H2,1-3H3. The van der Waals surface area contributed by atoms with E-state index in [-0.39, 0.29) is 12.7 Å². The van der Waals surface area contributed by atoms with Crippen molar-refractivity contribution in [2.45, 2.75) is 117 Å². The monoisotopic (exact) mass is 415 g/mol. The first-order valence-electron chi connectivity index (χ1n) is 12.3. The van der Waals surface area contributed by atoms with Crippen LogP contribution in [-0.2, 0) is 9.47 Å². The zero-order chi connectivity index (χ0) is 21.6. The second-order valence-corrected chi connectivity index (χ2v) is 8.06. The Hall–Kier alpha value is -0.810. The Morgan fingerprint density at radius 2 is 1.38 bits per heavy atom. The van der Waals surface area contributed by atoms with Gasteiger partial charge in [0, 0.05) is 13.0 Å². The third-order valence-electron chi connectivity index (χ3n) is 5.58. The Morgan fingerprint density at radius 1 is 0.793 bits per heavy atom. The molecule has 0 aromatic carbocycles. The molecule has 0 fully saturated rings. The number of rotatable bonds is 21. The fourth-order valence-corrected chi connectivity index (χ4v) is 3.57. The van der Waals surface area contributed by atoms with Gasteiger partial charge in [0.25, 0.3) is 0 Å². The van der Waals surface area contributed by atoms with E-state index in [9.17, 15) is 9.90 Å². The maximum atomic E-state index is 11.9. The van der Waals surface area contributed by atoms with Gasteiger partial charge in [-0.05, 0) is 45.3 Å². The second-order valence-electron chi connectivity index (χ2n) is 8.06. The molecular formula is C24H49NO4. The molecule has 0 aromatic rings. The highest BCUT2D eigenvalue weighted by Gasteiger charge is 2.15. The molecule has 0 rings (SSSR count). The Labute approximate surface area is 180 Å². The molecule has 0 aliphatic rings. The van der Waals surface area contributed by atoms with Gasteiger partial charge < -0.3 is 19.5 Å². The third kappa shape index (κ3) is 18.9. The molecule has 0 aromatic heterocycles. The van der Waals surface area contributed by atoms with E-state index in [0.717, 1.165) is 45.3 Å². The van der Waals surface area contributed by atoms with Gasteiger partial charge >= 0.3 is 6.16 Å². The first-order chi connectivity index (χ1) is 14.2. The van der Waals surface area contributed by atoms with Gasteiger partial charge in [-0.3, -0.25) is 0 Å². The first kappa shape index (κ1) is 28.2. The molecule has 1 unspecified atom stereocenters. The summed E-state index contributed by atoms with van der Waals surface area (Å²) in [6.07, 6.45) is 15.2. The second kappa shape index (κ2) is 21.9. The molecule has 29 heavy (non-hydrogen) atoms. The lowest BCUT2D eigenvalue weighted by Gasteiger charge is -2.18. The van der Waals surface area contributed by atoms with Crippen LogP contribution in [0.3, 0.4) is 0 Å². The molecule has 1 N–H and O–H groups in total. The van der Waals surface area contributed by atoms with Crippen molar-refractivity contribution in [3.8, 4) is 0 Å². The lowest BCUT2D eigenvalue weighted by molar-refractivity contribution is 0.0109. The van der Waals surface area contributed by atoms with Gasteiger partial charge in [0.2, 0.25) is 0 Å². The summed E-state index contributed by atoms with van der Waals surface area (Å²) in [5.41, 5.74) is 0. The lowest BCUT2D eigenvalue weighted by Crippen LogP contribution is -2.24. The summed E-state index contributed by atoms with van der Waals surface area (Å²) in [5, 5.41) is 9.22. The summed E-state index contributed by atoms with van der Waals surface area (Å²) in [6.45, 7) is 10.2. The molecule has 0 aliphatic heterocycles. The fraction of sp³-hybridized carbons (Fsp3) is 0.958. The number of carbonyl (C=O) groups excluding carboxylic acids is 1. The van der Waals surface area contributed by atoms with Crippen LogP contribution in [0.4, 0.5) is 4.79 Å². The van der Waals surface area contributed by atoms with Gasteiger partial charge in [0.05, 0.1) is 6.61 Å². The van der Waals surface area contributed by atoms with E-state index in [1.807, 2.05) is 0 Å². The van der Waals surface area contributed by atoms with Crippen LogP contribution in [-0.4, -0.2) is 55.1 Å². The van der Waals surface area contributed by atoms with Crippen LogP contribution in [0.2, 0.25) is 0 Å². The highest BCUT2D eigenvalue weighted by molar-refractivity contribution is 5.60. The minimum atomic E-state index is -0.585. The third-order valence-corrected chi connectivity index (χ3v) is 5.58. The molecule has 0 spiro atoms. The summed E-state index contributed by atoms with van der Waals surface area (Å²) in [4.78, 5) is 14.2. The summed E-state index contributed by atoms with van der Waals surface area (Å²) in [5.74, 6) is 0. The van der Waals surface area contributed by atoms with E-state index < -0.39 is 6.16 Å². The lowest BCUT2D eigenvalue weighted by atomic mass is 10.0. The van der Waals surface area contributed by atoms with Gasteiger partial charge in [-0.1, -0.05) is 78.6 Å². The van der Waals surface area contributed by atoms with Crippen LogP contribution < -0.4 is 0 Å². The van der Waals surface area contributed by atoms with E-state index >= 15 is 0 Å². The molecule has 0 bridgehead atoms. The van der Waals surface area contributed by atoms with Crippen molar-refractivity contribution in [2.24, 2.45) is 0 Å². The van der Waals surface area contributed by atoms with Crippen molar-refractivity contribution in [3.63, 3.8) is 0 Å². The summed E-state index contributed by atoms with van der Waals surface area (Å²) < 4.78 is 10.6. The predicted molar refractivity (Wildman–Crippen MR) is 121 cm³/mol. The quantitative estimate of drug-likeness (QED) is 0.175. The van der Waals surface area contributed by atoms with Crippen LogP contribution in [0.5, 0.6) is 0 Å². The van der Waals surface area contributed by atoms with Crippen molar-refractivity contribution in [2.75, 3.05) is 32.8 Å². The Bertz CT molecular complexity index is 348. The number of aliphatic hydroxyl groups is 1. The maximum absolute atomic E-state index is 11.9. The molecule has 0 saturated heterocycles. The molecule has 0 aliphatic carbocycles. The van der Waals surface area contributed by atoms with Crippen molar-refractivity contribution in [1.82, 2.24) is 4.90 Å². The van der Waals surface area contributed by atoms with Crippen LogP contribution in [0, 0.1) is 0 Å². The number of hydrogen-bond donors (Lipinski definition) is 1. The van der Waals surface area contributed by atoms with E-state index in [2.05, 4.69) is 25.7 Å². The van der Waals surface area contributed by atoms with Crippen LogP contribution in [0.1, 0.15) is 111 Å². The number of hydrogen-bond acceptors (Lipinski definition) is 5. The van der Waals surface area contributed by atoms with E-state index in [0.29, 0.717) is 13.0 Å². The smallest absolute Gasteiger partial charge is 0.434 e. The minimum Gasteiger partial charge on any atom is -0.434 e. The average Bonchev–Trinajstić information content (AvgIpc) is 2.72. The molecule has 174 valence electrons. The van der Waals surface area contributed by atoms with Crippen molar-refractivity contribution >= 4 is 6.16 Å². The molecule has 0 heterocycles. The molecule has 1 atom stereocenters. The molecule has 0 saturated carbocycles. The maximum Gasteiger partial charge on any atom is 0.508 e. The van der Waals surface area contributed by atoms with Gasteiger partial charge in [-0.25, -0.2) is 4.79 Å². The Morgan fingerprint density at radius 3 is 1.93 bits per heavy atom. The minimum absolute atomic E-state index is 0.0412. The number of ether oxygens (including phenoxy) is 2. The van der Waals surface area contributed by atoms with E-state index in [4.69, 9.17) is 9.47 Å². The first-order valence-corrected chi connectivity index (χ1v) is 12.3. The fourth-order valence-electron chi connectivity index (χ4n) is 3.57. The highest BCUT2D eigenvalue weighted by atomic mass is 16.7. The van der Waals surface area contributed by atoms with Crippen LogP contribution >= 0.6 is 0 Å². The van der Waals surface area contributed by atoms with Gasteiger partial charge in [-0.2, -0.15) is 0 Å². The zero-order valence-electron chi connectivity index (χ0n) is 19.6. The zero-order valence-corrected chi connectivity index (χ0v) is 19.6. The molecule has 5 nitrogen and oxygen atoms in total. The Kier molecular flexibility index (Phi) is 21.3. The molecule has 0 amide bonds. The Balaban J connectivity index is 3.70. The van der Waals surface area contributed by atoms with Crippen LogP contribution in [0.25, 0.3) is 0 Å². The van der Waals surface area contributed by atoms with Gasteiger partial charge in [-0.15, -0.1) is 0 Å². The number of carbonyl (C=O) groups is 1. The molecular weight excluding hydrogens is 366 g/mol. The molecule has 5 heteroatoms. The van der Waals surface area contributed by atoms with Crippen molar-refractivity contribution in [3.05, 3.63) is 0 Å². The van der Waals surface area contributed by atoms with Gasteiger partial charge in [0.1, 0.15) is 6.10 Å². The highest BCUT2D eigenvalue weighted by Crippen LogP contribution is 2.15. The number of unbranched alkanes of at least 4 members (excludes halogenated alkanes) is 10. The normalized spacial score (nSPS) is 12.3. The predicted octanol–water partition coefficient (Wildman–Crippen LogP) is 6.32. The van der Waals surface area contributed by atoms with Gasteiger partial charge in [0.15, 0.2) is 0 Å². The van der Waals surface area contributed by atoms with Crippen molar-refractivity contribution in [1.29, 1.82) is 0 Å². The summed E-state index contributed by atoms with van der Waals surface area (Å²) >= 11 is 0. The van der Waals surface area contributed by atoms with Crippen LogP contribution in [0.15, 0.2) is 0 Å². The summed E-state index contributed by atoms with van der Waals surface area (Å²) in [6, 6.07) is 0. The molecule has 0 radical (unpaired) electrons. The summed E-state index contributed by atoms with van der Waals surface area (Å²) in [7, 11) is 0. The largest absolute Gasteiger partial charge is 0.508 e. The van der Waals surface area contributed by atoms with E-state index in [1.54, 1.807) is 0 Å². The van der Waals surface area contributed by atoms with Crippen molar-refractivity contribution < 1.29 is 19.4 Å². The number of aliphatic hydroxyl groups excluding tert-OH is 1. The average molecular weight is 416 g/mol. The number of nitrogens with zero attached hydrogens (tertiary/aromatic N) is 1. The SMILES string of the molecule is CCCCCCCCCCCCC(CCO)OC(=O)OCCCCN(CC)CC. The topological polar surface area (TPSA) is 59.0 Å².